The summed E-state index contributed by atoms with van der Waals surface area (Å²) < 4.78 is 16.5. The topological polar surface area (TPSA) is 96.5 Å². The molecular weight excluding hydrogens is 448 g/mol. The molecule has 1 aliphatic rings. The van der Waals surface area contributed by atoms with Crippen molar-refractivity contribution in [2.45, 2.75) is 19.9 Å². The summed E-state index contributed by atoms with van der Waals surface area (Å²) in [7, 11) is 3.06. The van der Waals surface area contributed by atoms with Crippen LogP contribution in [0, 0.1) is 0 Å². The Morgan fingerprint density at radius 2 is 1.83 bits per heavy atom. The number of Topliss-reactive ketones (excluding diaryl/α,β-unsaturated/α-hetero) is 1. The highest BCUT2D eigenvalue weighted by Crippen LogP contribution is 2.40. The molecule has 1 aromatic heterocycles. The molecule has 2 heterocycles. The lowest BCUT2D eigenvalue weighted by Gasteiger charge is -2.29. The van der Waals surface area contributed by atoms with Crippen molar-refractivity contribution in [1.29, 1.82) is 0 Å². The maximum Gasteiger partial charge on any atom is 0.240 e. The average molecular weight is 479 g/mol. The van der Waals surface area contributed by atoms with Gasteiger partial charge in [-0.3, -0.25) is 9.59 Å². The predicted octanol–water partition coefficient (Wildman–Crippen LogP) is 1.76. The van der Waals surface area contributed by atoms with Gasteiger partial charge < -0.3 is 28.8 Å². The number of ketones is 1. The summed E-state index contributed by atoms with van der Waals surface area (Å²) in [6.45, 7) is 6.95. The number of likely N-dealkylation sites (N-methyl/N-ethyl adjacent to an activating group) is 1. The van der Waals surface area contributed by atoms with E-state index >= 15 is 0 Å². The summed E-state index contributed by atoms with van der Waals surface area (Å²) in [5.41, 5.74) is 0.932. The van der Waals surface area contributed by atoms with E-state index in [9.17, 15) is 14.7 Å². The summed E-state index contributed by atoms with van der Waals surface area (Å²) in [4.78, 5) is 29.7. The van der Waals surface area contributed by atoms with Crippen molar-refractivity contribution < 1.29 is 33.5 Å². The van der Waals surface area contributed by atoms with Gasteiger partial charge in [0, 0.05) is 11.0 Å². The van der Waals surface area contributed by atoms with Crippen LogP contribution in [0.4, 0.5) is 0 Å². The van der Waals surface area contributed by atoms with Crippen molar-refractivity contribution >= 4 is 22.7 Å². The molecule has 0 aliphatic carbocycles. The van der Waals surface area contributed by atoms with Gasteiger partial charge in [0.1, 0.15) is 5.75 Å². The van der Waals surface area contributed by atoms with Gasteiger partial charge in [0.25, 0.3) is 0 Å². The van der Waals surface area contributed by atoms with Gasteiger partial charge in [-0.2, -0.15) is 0 Å². The molecule has 0 radical (unpaired) electrons. The van der Waals surface area contributed by atoms with Gasteiger partial charge in [-0.1, -0.05) is 24.3 Å². The molecule has 0 spiro atoms. The smallest absolute Gasteiger partial charge is 0.240 e. The number of hydrogen-bond donors (Lipinski definition) is 1. The van der Waals surface area contributed by atoms with Crippen LogP contribution >= 0.6 is 0 Å². The standard InChI is InChI=1S/C27H30N2O6/c1-5-28(6-2)13-14-29-23(17-9-7-11-19(15-17)33-3)22(25(31)27(29)32)24(30)21-16-18-10-8-12-20(34-4)26(18)35-21/h7-12,15-16,23,31H,5-6,13-14H2,1-4H3. The van der Waals surface area contributed by atoms with Crippen LogP contribution in [0.2, 0.25) is 0 Å². The minimum Gasteiger partial charge on any atom is -0.868 e. The molecule has 2 aromatic carbocycles. The van der Waals surface area contributed by atoms with Crippen LogP contribution in [-0.2, 0) is 4.79 Å². The number of hydrogen-bond acceptors (Lipinski definition) is 6. The Hall–Kier alpha value is -3.78. The predicted molar refractivity (Wildman–Crippen MR) is 128 cm³/mol. The third-order valence-corrected chi connectivity index (χ3v) is 6.60. The number of para-hydroxylation sites is 1. The molecule has 3 aromatic rings. The van der Waals surface area contributed by atoms with Crippen LogP contribution in [0.25, 0.3) is 11.0 Å². The first-order chi connectivity index (χ1) is 16.9. The number of rotatable bonds is 10. The Morgan fingerprint density at radius 1 is 1.09 bits per heavy atom. The summed E-state index contributed by atoms with van der Waals surface area (Å²) in [6, 6.07) is 13.2. The zero-order valence-electron chi connectivity index (χ0n) is 20.4. The normalized spacial score (nSPS) is 16.0. The number of carbonyl (C=O) groups excluding carboxylic acids is 2. The van der Waals surface area contributed by atoms with E-state index in [4.69, 9.17) is 13.9 Å². The molecule has 184 valence electrons. The fraction of sp³-hybridized carbons (Fsp3) is 0.333. The van der Waals surface area contributed by atoms with Gasteiger partial charge >= 0.3 is 0 Å². The number of ether oxygens (including phenoxy) is 2. The first kappa shape index (κ1) is 24.3. The fourth-order valence-corrected chi connectivity index (χ4v) is 4.58. The third kappa shape index (κ3) is 4.49. The first-order valence-corrected chi connectivity index (χ1v) is 11.7. The number of quaternary nitrogens is 1. The monoisotopic (exact) mass is 478 g/mol. The Balaban J connectivity index is 1.78. The maximum absolute atomic E-state index is 13.7. The van der Waals surface area contributed by atoms with Gasteiger partial charge in [-0.25, -0.2) is 0 Å². The van der Waals surface area contributed by atoms with E-state index in [1.54, 1.807) is 55.6 Å². The number of methoxy groups -OCH3 is 2. The van der Waals surface area contributed by atoms with Crippen molar-refractivity contribution in [1.82, 2.24) is 4.90 Å². The number of amides is 1. The molecule has 1 aliphatic heterocycles. The number of benzene rings is 2. The molecule has 1 unspecified atom stereocenters. The molecule has 0 saturated carbocycles. The molecular formula is C27H30N2O6. The molecule has 8 heteroatoms. The van der Waals surface area contributed by atoms with Crippen LogP contribution in [0.15, 0.2) is 64.3 Å². The lowest BCUT2D eigenvalue weighted by molar-refractivity contribution is -0.895. The Bertz CT molecular complexity index is 1270. The first-order valence-electron chi connectivity index (χ1n) is 11.7. The average Bonchev–Trinajstić information content (AvgIpc) is 3.43. The molecule has 0 saturated heterocycles. The largest absolute Gasteiger partial charge is 0.868 e. The Kier molecular flexibility index (Phi) is 7.12. The van der Waals surface area contributed by atoms with E-state index in [0.717, 1.165) is 13.1 Å². The number of nitrogens with one attached hydrogen (secondary N) is 1. The van der Waals surface area contributed by atoms with E-state index in [-0.39, 0.29) is 11.3 Å². The summed E-state index contributed by atoms with van der Waals surface area (Å²) >= 11 is 0. The van der Waals surface area contributed by atoms with Crippen molar-refractivity contribution in [3.05, 3.63) is 71.2 Å². The number of fused-ring (bicyclic) bond motifs is 1. The van der Waals surface area contributed by atoms with Crippen LogP contribution < -0.4 is 19.5 Å². The molecule has 1 atom stereocenters. The molecule has 1 amide bonds. The summed E-state index contributed by atoms with van der Waals surface area (Å²) in [5, 5.41) is 13.9. The Labute approximate surface area is 204 Å². The van der Waals surface area contributed by atoms with Gasteiger partial charge in [0.15, 0.2) is 17.1 Å². The minimum atomic E-state index is -0.831. The second kappa shape index (κ2) is 10.2. The van der Waals surface area contributed by atoms with Crippen LogP contribution in [0.1, 0.15) is 36.0 Å². The molecule has 1 N–H and O–H groups in total. The van der Waals surface area contributed by atoms with Gasteiger partial charge in [-0.05, 0) is 49.4 Å². The van der Waals surface area contributed by atoms with E-state index < -0.39 is 23.5 Å². The molecule has 0 fully saturated rings. The second-order valence-corrected chi connectivity index (χ2v) is 8.45. The molecule has 35 heavy (non-hydrogen) atoms. The lowest BCUT2D eigenvalue weighted by atomic mass is 9.95. The van der Waals surface area contributed by atoms with Crippen molar-refractivity contribution in [2.75, 3.05) is 40.4 Å². The highest BCUT2D eigenvalue weighted by Gasteiger charge is 2.41. The van der Waals surface area contributed by atoms with Crippen LogP contribution in [-0.4, -0.2) is 57.0 Å². The second-order valence-electron chi connectivity index (χ2n) is 8.45. The number of carbonyl (C=O) groups is 2. The quantitative estimate of drug-likeness (QED) is 0.446. The fourth-order valence-electron chi connectivity index (χ4n) is 4.58. The molecule has 8 nitrogen and oxygen atoms in total. The SMILES string of the molecule is CC[NH+](CC)CCN1C(=O)C([O-])=C(C(=O)c2cc3cccc(OC)c3o2)C1c1cccc(OC)c1. The van der Waals surface area contributed by atoms with Crippen molar-refractivity contribution in [3.8, 4) is 11.5 Å². The third-order valence-electron chi connectivity index (χ3n) is 6.60. The zero-order valence-corrected chi connectivity index (χ0v) is 20.4. The van der Waals surface area contributed by atoms with E-state index in [1.165, 1.54) is 16.9 Å². The summed E-state index contributed by atoms with van der Waals surface area (Å²) in [6.07, 6.45) is 0. The number of furan rings is 1. The van der Waals surface area contributed by atoms with E-state index in [2.05, 4.69) is 13.8 Å². The Morgan fingerprint density at radius 3 is 2.51 bits per heavy atom. The highest BCUT2D eigenvalue weighted by atomic mass is 16.5. The number of nitrogens with zero attached hydrogens (tertiary/aromatic N) is 1. The van der Waals surface area contributed by atoms with Crippen molar-refractivity contribution in [3.63, 3.8) is 0 Å². The lowest BCUT2D eigenvalue weighted by Crippen LogP contribution is -3.12. The molecule has 0 bridgehead atoms. The van der Waals surface area contributed by atoms with E-state index in [0.29, 0.717) is 41.1 Å². The van der Waals surface area contributed by atoms with E-state index in [1.807, 2.05) is 0 Å². The van der Waals surface area contributed by atoms with Crippen LogP contribution in [0.3, 0.4) is 0 Å². The van der Waals surface area contributed by atoms with Crippen LogP contribution in [0.5, 0.6) is 11.5 Å². The molecule has 4 rings (SSSR count). The van der Waals surface area contributed by atoms with Crippen molar-refractivity contribution in [2.24, 2.45) is 0 Å². The van der Waals surface area contributed by atoms with Gasteiger partial charge in [0.05, 0.1) is 46.4 Å². The van der Waals surface area contributed by atoms with Gasteiger partial charge in [0.2, 0.25) is 11.7 Å². The maximum atomic E-state index is 13.7. The summed E-state index contributed by atoms with van der Waals surface area (Å²) in [5.74, 6) is -1.04. The zero-order chi connectivity index (χ0) is 25.1. The highest BCUT2D eigenvalue weighted by molar-refractivity contribution is 6.16. The van der Waals surface area contributed by atoms with Gasteiger partial charge in [-0.15, -0.1) is 0 Å². The minimum absolute atomic E-state index is 0.00948.